The van der Waals surface area contributed by atoms with E-state index in [1.807, 2.05) is 35.0 Å². The van der Waals surface area contributed by atoms with E-state index in [1.54, 1.807) is 11.8 Å². The van der Waals surface area contributed by atoms with E-state index in [-0.39, 0.29) is 34.3 Å². The van der Waals surface area contributed by atoms with Gasteiger partial charge in [0.2, 0.25) is 0 Å². The molecular weight excluding hydrogens is 342 g/mol. The van der Waals surface area contributed by atoms with Crippen molar-refractivity contribution in [3.63, 3.8) is 0 Å². The van der Waals surface area contributed by atoms with Gasteiger partial charge in [0.15, 0.2) is 0 Å². The minimum absolute atomic E-state index is 0.0268. The molecule has 134 valence electrons. The van der Waals surface area contributed by atoms with Gasteiger partial charge in [-0.15, -0.1) is 0 Å². The summed E-state index contributed by atoms with van der Waals surface area (Å²) in [7, 11) is 1.74. The van der Waals surface area contributed by atoms with Gasteiger partial charge in [0.1, 0.15) is 5.76 Å². The van der Waals surface area contributed by atoms with E-state index in [0.29, 0.717) is 29.4 Å². The molecule has 8 atom stereocenters. The summed E-state index contributed by atoms with van der Waals surface area (Å²) in [6.07, 6.45) is 6.49. The zero-order valence-electron chi connectivity index (χ0n) is 14.6. The van der Waals surface area contributed by atoms with E-state index in [4.69, 9.17) is 4.74 Å². The summed E-state index contributed by atoms with van der Waals surface area (Å²) in [6, 6.07) is 9.41. The number of methoxy groups -OCH3 is 1. The molecule has 7 aliphatic rings. The van der Waals surface area contributed by atoms with Crippen molar-refractivity contribution >= 4 is 0 Å². The van der Waals surface area contributed by atoms with Crippen LogP contribution in [0, 0.1) is 34.5 Å². The van der Waals surface area contributed by atoms with Crippen molar-refractivity contribution in [3.05, 3.63) is 75.3 Å². The van der Waals surface area contributed by atoms with Crippen molar-refractivity contribution in [2.45, 2.75) is 12.1 Å². The van der Waals surface area contributed by atoms with Crippen LogP contribution >= 0.6 is 0 Å². The molecule has 6 heteroatoms. The molecule has 9 rings (SSSR count). The highest BCUT2D eigenvalue weighted by Gasteiger charge is 3.04. The lowest BCUT2D eigenvalue weighted by molar-refractivity contribution is 0.0119. The predicted octanol–water partition coefficient (Wildman–Crippen LogP) is 1.49. The van der Waals surface area contributed by atoms with Crippen LogP contribution in [0.25, 0.3) is 5.69 Å². The topological polar surface area (TPSA) is 58.2 Å². The van der Waals surface area contributed by atoms with Crippen LogP contribution < -0.4 is 11.4 Å². The Morgan fingerprint density at radius 1 is 0.963 bits per heavy atom. The first-order valence-electron chi connectivity index (χ1n) is 9.66. The summed E-state index contributed by atoms with van der Waals surface area (Å²) in [4.78, 5) is 26.9. The van der Waals surface area contributed by atoms with Crippen molar-refractivity contribution in [1.82, 2.24) is 13.9 Å². The number of nitrogens with zero attached hydrogens (tertiary/aromatic N) is 3. The Balaban J connectivity index is 1.48. The van der Waals surface area contributed by atoms with Crippen LogP contribution in [0.2, 0.25) is 0 Å². The van der Waals surface area contributed by atoms with E-state index >= 15 is 0 Å². The summed E-state index contributed by atoms with van der Waals surface area (Å²) >= 11 is 0. The summed E-state index contributed by atoms with van der Waals surface area (Å²) in [6.45, 7) is 0. The van der Waals surface area contributed by atoms with Crippen LogP contribution in [0.5, 0.6) is 0 Å². The summed E-state index contributed by atoms with van der Waals surface area (Å²) in [5.41, 5.74) is 0.117. The van der Waals surface area contributed by atoms with Gasteiger partial charge in [0, 0.05) is 5.41 Å². The van der Waals surface area contributed by atoms with Gasteiger partial charge in [0.05, 0.1) is 30.3 Å². The Labute approximate surface area is 154 Å². The van der Waals surface area contributed by atoms with E-state index in [2.05, 4.69) is 18.2 Å². The number of ether oxygens (including phenoxy) is 1. The van der Waals surface area contributed by atoms with Crippen molar-refractivity contribution in [3.8, 4) is 5.69 Å². The zero-order valence-corrected chi connectivity index (χ0v) is 14.6. The third kappa shape index (κ3) is 0.947. The summed E-state index contributed by atoms with van der Waals surface area (Å²) in [5.74, 6) is 3.24. The van der Waals surface area contributed by atoms with Crippen LogP contribution in [-0.2, 0) is 4.74 Å². The smallest absolute Gasteiger partial charge is 0.352 e. The first-order valence-corrected chi connectivity index (χ1v) is 9.66. The fourth-order valence-corrected chi connectivity index (χ4v) is 8.38. The quantitative estimate of drug-likeness (QED) is 0.816. The average Bonchev–Trinajstić information content (AvgIpc) is 3.46. The molecule has 1 aromatic carbocycles. The van der Waals surface area contributed by atoms with Gasteiger partial charge in [-0.3, -0.25) is 0 Å². The van der Waals surface area contributed by atoms with Gasteiger partial charge in [-0.05, 0) is 41.9 Å². The lowest BCUT2D eigenvalue weighted by atomic mass is 9.68. The van der Waals surface area contributed by atoms with Crippen molar-refractivity contribution in [1.29, 1.82) is 0 Å². The number of benzene rings is 1. The van der Waals surface area contributed by atoms with Crippen LogP contribution in [-0.4, -0.2) is 21.0 Å². The zero-order chi connectivity index (χ0) is 17.9. The van der Waals surface area contributed by atoms with Crippen molar-refractivity contribution < 1.29 is 4.74 Å². The van der Waals surface area contributed by atoms with Gasteiger partial charge < -0.3 is 4.74 Å². The first-order chi connectivity index (χ1) is 13.2. The molecule has 27 heavy (non-hydrogen) atoms. The van der Waals surface area contributed by atoms with Gasteiger partial charge in [-0.1, -0.05) is 30.4 Å². The minimum atomic E-state index is -0.203. The highest BCUT2D eigenvalue weighted by atomic mass is 16.5. The minimum Gasteiger partial charge on any atom is -0.500 e. The number of hydrogen-bond donors (Lipinski definition) is 0. The molecule has 0 saturated heterocycles. The third-order valence-electron chi connectivity index (χ3n) is 8.70. The molecule has 2 aliphatic heterocycles. The number of allylic oxidation sites excluding steroid dienone is 4. The standard InChI is InChI=1S/C21H17N3O3/c1-27-11-8-5-9-20-15-12-13-14(12)17(21(11,15)20)24-19(26)22(10-6-3-2-4-7-10)18(25)23(24)16(13)20/h2-9,12-17H,1H3/t12-,13+,14+,15-,16-,17+,20-,21-/m1/s1. The van der Waals surface area contributed by atoms with Crippen LogP contribution in [0.4, 0.5) is 0 Å². The first kappa shape index (κ1) is 13.4. The maximum absolute atomic E-state index is 13.5. The van der Waals surface area contributed by atoms with Crippen molar-refractivity contribution in [2.24, 2.45) is 34.5 Å². The molecule has 0 N–H and O–H groups in total. The Hall–Kier alpha value is -2.76. The van der Waals surface area contributed by atoms with Gasteiger partial charge in [-0.25, -0.2) is 23.5 Å². The van der Waals surface area contributed by atoms with Crippen LogP contribution in [0.1, 0.15) is 12.1 Å². The Morgan fingerprint density at radius 3 is 2.41 bits per heavy atom. The molecule has 2 bridgehead atoms. The third-order valence-corrected chi connectivity index (χ3v) is 8.70. The fourth-order valence-electron chi connectivity index (χ4n) is 8.38. The fraction of sp³-hybridized carbons (Fsp3) is 0.429. The molecular formula is C21H17N3O3. The molecule has 1 aromatic heterocycles. The number of rotatable bonds is 2. The Kier molecular flexibility index (Phi) is 1.74. The molecule has 0 amide bonds. The molecule has 4 fully saturated rings. The highest BCUT2D eigenvalue weighted by molar-refractivity contribution is 5.59. The second kappa shape index (κ2) is 3.51. The highest BCUT2D eigenvalue weighted by Crippen LogP contribution is 3.04. The Morgan fingerprint density at radius 2 is 1.67 bits per heavy atom. The second-order valence-electron chi connectivity index (χ2n) is 8.92. The van der Waals surface area contributed by atoms with Gasteiger partial charge in [-0.2, -0.15) is 0 Å². The molecule has 4 saturated carbocycles. The van der Waals surface area contributed by atoms with Crippen LogP contribution in [0.3, 0.4) is 0 Å². The molecule has 6 nitrogen and oxygen atoms in total. The molecule has 2 spiro atoms. The monoisotopic (exact) mass is 359 g/mol. The Bertz CT molecular complexity index is 1260. The number of para-hydroxylation sites is 1. The number of hydrogen-bond acceptors (Lipinski definition) is 3. The summed E-state index contributed by atoms with van der Waals surface area (Å²) in [5, 5.41) is 0. The summed E-state index contributed by atoms with van der Waals surface area (Å²) < 4.78 is 10.8. The van der Waals surface area contributed by atoms with E-state index < -0.39 is 0 Å². The average molecular weight is 359 g/mol. The van der Waals surface area contributed by atoms with E-state index in [0.717, 1.165) is 5.76 Å². The maximum atomic E-state index is 13.5. The molecule has 0 unspecified atom stereocenters. The second-order valence-corrected chi connectivity index (χ2v) is 8.92. The molecule has 3 heterocycles. The SMILES string of the molecule is COC1=CC=C[C@@]23[C@H]4[C@H]5[C@H]6[C@H]5[C@H]2n2c(=O)n(-c5ccccc5)c(=O)n2[C@@H]6[C@@]143. The largest absolute Gasteiger partial charge is 0.500 e. The van der Waals surface area contributed by atoms with Crippen molar-refractivity contribution in [2.75, 3.05) is 7.11 Å². The molecule has 5 aliphatic carbocycles. The number of aromatic nitrogens is 3. The lowest BCUT2D eigenvalue weighted by Crippen LogP contribution is -2.53. The van der Waals surface area contributed by atoms with E-state index in [1.165, 1.54) is 4.57 Å². The van der Waals surface area contributed by atoms with Gasteiger partial charge >= 0.3 is 11.4 Å². The normalized spacial score (nSPS) is 47.4. The lowest BCUT2D eigenvalue weighted by Gasteiger charge is -2.48. The molecule has 0 radical (unpaired) electrons. The maximum Gasteiger partial charge on any atom is 0.352 e. The van der Waals surface area contributed by atoms with E-state index in [9.17, 15) is 9.59 Å². The predicted molar refractivity (Wildman–Crippen MR) is 95.4 cm³/mol. The van der Waals surface area contributed by atoms with Crippen LogP contribution in [0.15, 0.2) is 63.9 Å². The molecule has 2 aromatic rings. The van der Waals surface area contributed by atoms with Gasteiger partial charge in [0.25, 0.3) is 0 Å².